The van der Waals surface area contributed by atoms with E-state index in [9.17, 15) is 0 Å². The highest BCUT2D eigenvalue weighted by Crippen LogP contribution is 2.46. The van der Waals surface area contributed by atoms with Gasteiger partial charge in [0, 0.05) is 5.54 Å². The maximum atomic E-state index is 6.70. The molecule has 3 rings (SSSR count). The fourth-order valence-electron chi connectivity index (χ4n) is 5.03. The van der Waals surface area contributed by atoms with Crippen LogP contribution in [0.3, 0.4) is 0 Å². The summed E-state index contributed by atoms with van der Waals surface area (Å²) in [5, 5.41) is 0. The molecule has 0 aromatic heterocycles. The van der Waals surface area contributed by atoms with Gasteiger partial charge in [0.15, 0.2) is 0 Å². The fraction of sp³-hybridized carbons (Fsp3) is 1.00. The van der Waals surface area contributed by atoms with Crippen LogP contribution in [0.2, 0.25) is 0 Å². The van der Waals surface area contributed by atoms with Crippen molar-refractivity contribution in [2.75, 3.05) is 0 Å². The van der Waals surface area contributed by atoms with Crippen molar-refractivity contribution in [3.8, 4) is 0 Å². The second kappa shape index (κ2) is 5.96. The average Bonchev–Trinajstić information content (AvgIpc) is 3.04. The van der Waals surface area contributed by atoms with Gasteiger partial charge in [-0.1, -0.05) is 32.6 Å². The number of hydrogen-bond donors (Lipinski definition) is 1. The lowest BCUT2D eigenvalue weighted by molar-refractivity contribution is -0.0490. The molecule has 20 heavy (non-hydrogen) atoms. The van der Waals surface area contributed by atoms with Gasteiger partial charge in [0.2, 0.25) is 0 Å². The van der Waals surface area contributed by atoms with E-state index in [0.29, 0.717) is 6.10 Å². The van der Waals surface area contributed by atoms with Gasteiger partial charge in [-0.3, -0.25) is 0 Å². The minimum atomic E-state index is 0.0824. The summed E-state index contributed by atoms with van der Waals surface area (Å²) in [6.45, 7) is 2.30. The first-order valence-electron chi connectivity index (χ1n) is 9.10. The molecule has 1 aliphatic heterocycles. The van der Waals surface area contributed by atoms with Crippen LogP contribution in [-0.2, 0) is 4.74 Å². The molecule has 0 bridgehead atoms. The Labute approximate surface area is 124 Å². The summed E-state index contributed by atoms with van der Waals surface area (Å²) in [5.74, 6) is 0.947. The predicted octanol–water partition coefficient (Wildman–Crippen LogP) is 4.56. The summed E-state index contributed by atoms with van der Waals surface area (Å²) in [7, 11) is 0. The van der Waals surface area contributed by atoms with E-state index < -0.39 is 0 Å². The van der Waals surface area contributed by atoms with Crippen molar-refractivity contribution in [2.24, 2.45) is 11.7 Å². The topological polar surface area (TPSA) is 35.2 Å². The third kappa shape index (κ3) is 3.22. The average molecular weight is 279 g/mol. The molecule has 2 N–H and O–H groups in total. The zero-order valence-corrected chi connectivity index (χ0v) is 13.3. The molecule has 1 heterocycles. The van der Waals surface area contributed by atoms with Crippen LogP contribution in [0.15, 0.2) is 0 Å². The first-order chi connectivity index (χ1) is 9.63. The highest BCUT2D eigenvalue weighted by molar-refractivity contribution is 4.98. The maximum absolute atomic E-state index is 6.70. The Morgan fingerprint density at radius 1 is 1.00 bits per heavy atom. The standard InChI is InChI=1S/C18H33NO/c1-2-5-15-6-11-17(19,12-7-15)14-16-8-13-18(20-16)9-3-4-10-18/h15-16H,2-14,19H2,1H3. The van der Waals surface area contributed by atoms with Crippen molar-refractivity contribution in [3.05, 3.63) is 0 Å². The molecule has 1 unspecified atom stereocenters. The first-order valence-corrected chi connectivity index (χ1v) is 9.10. The Kier molecular flexibility index (Phi) is 4.42. The molecule has 116 valence electrons. The third-order valence-corrected chi connectivity index (χ3v) is 6.29. The molecule has 0 radical (unpaired) electrons. The predicted molar refractivity (Wildman–Crippen MR) is 83.7 cm³/mol. The second-order valence-electron chi connectivity index (χ2n) is 7.97. The van der Waals surface area contributed by atoms with Crippen molar-refractivity contribution < 1.29 is 4.74 Å². The van der Waals surface area contributed by atoms with Gasteiger partial charge in [0.05, 0.1) is 11.7 Å². The number of ether oxygens (including phenoxy) is 1. The molecular formula is C18H33NO. The summed E-state index contributed by atoms with van der Waals surface area (Å²) in [4.78, 5) is 0. The van der Waals surface area contributed by atoms with Crippen LogP contribution in [0.1, 0.15) is 90.4 Å². The van der Waals surface area contributed by atoms with Crippen LogP contribution in [0.4, 0.5) is 0 Å². The van der Waals surface area contributed by atoms with Crippen molar-refractivity contribution in [2.45, 2.75) is 108 Å². The molecule has 3 fully saturated rings. The zero-order valence-electron chi connectivity index (χ0n) is 13.3. The van der Waals surface area contributed by atoms with Crippen LogP contribution >= 0.6 is 0 Å². The lowest BCUT2D eigenvalue weighted by Gasteiger charge is -2.39. The van der Waals surface area contributed by atoms with E-state index in [1.54, 1.807) is 0 Å². The van der Waals surface area contributed by atoms with E-state index in [1.807, 2.05) is 0 Å². The Balaban J connectivity index is 1.48. The van der Waals surface area contributed by atoms with Crippen LogP contribution in [0.5, 0.6) is 0 Å². The smallest absolute Gasteiger partial charge is 0.0687 e. The van der Waals surface area contributed by atoms with Gasteiger partial charge < -0.3 is 10.5 Å². The number of rotatable bonds is 4. The van der Waals surface area contributed by atoms with Crippen molar-refractivity contribution in [1.29, 1.82) is 0 Å². The summed E-state index contributed by atoms with van der Waals surface area (Å²) in [5.41, 5.74) is 7.06. The molecule has 1 spiro atoms. The summed E-state index contributed by atoms with van der Waals surface area (Å²) >= 11 is 0. The molecule has 0 aromatic rings. The van der Waals surface area contributed by atoms with Crippen molar-refractivity contribution in [3.63, 3.8) is 0 Å². The van der Waals surface area contributed by atoms with E-state index in [4.69, 9.17) is 10.5 Å². The molecule has 1 atom stereocenters. The summed E-state index contributed by atoms with van der Waals surface area (Å²) in [6.07, 6.45) is 17.4. The van der Waals surface area contributed by atoms with Gasteiger partial charge in [-0.05, 0) is 63.7 Å². The van der Waals surface area contributed by atoms with Gasteiger partial charge in [-0.25, -0.2) is 0 Å². The van der Waals surface area contributed by atoms with E-state index in [-0.39, 0.29) is 11.1 Å². The Bertz CT molecular complexity index is 313. The number of hydrogen-bond acceptors (Lipinski definition) is 2. The van der Waals surface area contributed by atoms with E-state index in [1.165, 1.54) is 77.0 Å². The first kappa shape index (κ1) is 14.8. The molecule has 2 heteroatoms. The largest absolute Gasteiger partial charge is 0.372 e. The van der Waals surface area contributed by atoms with Crippen LogP contribution in [-0.4, -0.2) is 17.2 Å². The molecule has 0 aromatic carbocycles. The Morgan fingerprint density at radius 2 is 1.70 bits per heavy atom. The summed E-state index contributed by atoms with van der Waals surface area (Å²) in [6, 6.07) is 0. The number of nitrogens with two attached hydrogens (primary N) is 1. The van der Waals surface area contributed by atoms with Crippen molar-refractivity contribution in [1.82, 2.24) is 0 Å². The van der Waals surface area contributed by atoms with Crippen LogP contribution in [0, 0.1) is 5.92 Å². The summed E-state index contributed by atoms with van der Waals surface area (Å²) < 4.78 is 6.47. The highest BCUT2D eigenvalue weighted by atomic mass is 16.5. The monoisotopic (exact) mass is 279 g/mol. The minimum Gasteiger partial charge on any atom is -0.372 e. The van der Waals surface area contributed by atoms with E-state index in [2.05, 4.69) is 6.92 Å². The molecule has 3 aliphatic rings. The minimum absolute atomic E-state index is 0.0824. The Hall–Kier alpha value is -0.0800. The van der Waals surface area contributed by atoms with Crippen LogP contribution < -0.4 is 5.73 Å². The second-order valence-corrected chi connectivity index (χ2v) is 7.97. The molecule has 0 amide bonds. The normalized spacial score (nSPS) is 40.5. The maximum Gasteiger partial charge on any atom is 0.0687 e. The van der Waals surface area contributed by atoms with Gasteiger partial charge in [-0.2, -0.15) is 0 Å². The van der Waals surface area contributed by atoms with Gasteiger partial charge in [0.25, 0.3) is 0 Å². The fourth-order valence-corrected chi connectivity index (χ4v) is 5.03. The molecule has 2 nitrogen and oxygen atoms in total. The van der Waals surface area contributed by atoms with E-state index >= 15 is 0 Å². The zero-order chi connectivity index (χ0) is 14.1. The molecule has 2 aliphatic carbocycles. The highest BCUT2D eigenvalue weighted by Gasteiger charge is 2.44. The third-order valence-electron chi connectivity index (χ3n) is 6.29. The van der Waals surface area contributed by atoms with E-state index in [0.717, 1.165) is 12.3 Å². The molecule has 1 saturated heterocycles. The molecule has 2 saturated carbocycles. The van der Waals surface area contributed by atoms with Gasteiger partial charge in [0.1, 0.15) is 0 Å². The van der Waals surface area contributed by atoms with Gasteiger partial charge >= 0.3 is 0 Å². The molecular weight excluding hydrogens is 246 g/mol. The Morgan fingerprint density at radius 3 is 2.35 bits per heavy atom. The lowest BCUT2D eigenvalue weighted by atomic mass is 9.73. The van der Waals surface area contributed by atoms with Crippen LogP contribution in [0.25, 0.3) is 0 Å². The van der Waals surface area contributed by atoms with Crippen molar-refractivity contribution >= 4 is 0 Å². The van der Waals surface area contributed by atoms with Gasteiger partial charge in [-0.15, -0.1) is 0 Å². The lowest BCUT2D eigenvalue weighted by Crippen LogP contribution is -2.46. The SMILES string of the molecule is CCCC1CCC(N)(CC2CCC3(CCCC3)O2)CC1. The quantitative estimate of drug-likeness (QED) is 0.819.